The molecule has 4 nitrogen and oxygen atoms in total. The average Bonchev–Trinajstić information content (AvgIpc) is 2.78. The van der Waals surface area contributed by atoms with E-state index < -0.39 is 0 Å². The first kappa shape index (κ1) is 13.9. The van der Waals surface area contributed by atoms with E-state index >= 15 is 0 Å². The summed E-state index contributed by atoms with van der Waals surface area (Å²) >= 11 is 0. The zero-order valence-corrected chi connectivity index (χ0v) is 11.8. The number of nitrogens with one attached hydrogen (secondary N) is 1. The SMILES string of the molecule is C=c1cc(-c2ccc(CN(C)C(=O)OC)cc2)[nH]c1=C. The molecular weight excluding hydrogens is 252 g/mol. The monoisotopic (exact) mass is 270 g/mol. The van der Waals surface area contributed by atoms with Crippen LogP contribution in [-0.2, 0) is 11.3 Å². The zero-order valence-electron chi connectivity index (χ0n) is 11.8. The zero-order chi connectivity index (χ0) is 14.7. The van der Waals surface area contributed by atoms with Crippen LogP contribution in [0.25, 0.3) is 24.4 Å². The lowest BCUT2D eigenvalue weighted by atomic mass is 10.1. The Balaban J connectivity index is 2.16. The van der Waals surface area contributed by atoms with Crippen LogP contribution in [0.15, 0.2) is 30.3 Å². The van der Waals surface area contributed by atoms with Gasteiger partial charge in [0.2, 0.25) is 0 Å². The van der Waals surface area contributed by atoms with Crippen molar-refractivity contribution in [3.05, 3.63) is 46.5 Å². The summed E-state index contributed by atoms with van der Waals surface area (Å²) in [6.07, 6.45) is -0.346. The quantitative estimate of drug-likeness (QED) is 0.922. The number of rotatable bonds is 3. The molecule has 0 fully saturated rings. The molecule has 0 atom stereocenters. The molecule has 0 spiro atoms. The van der Waals surface area contributed by atoms with Gasteiger partial charge in [-0.15, -0.1) is 0 Å². The van der Waals surface area contributed by atoms with Gasteiger partial charge in [-0.25, -0.2) is 4.79 Å². The number of hydrogen-bond acceptors (Lipinski definition) is 2. The Labute approximate surface area is 118 Å². The highest BCUT2D eigenvalue weighted by Gasteiger charge is 2.08. The van der Waals surface area contributed by atoms with Crippen molar-refractivity contribution in [2.75, 3.05) is 14.2 Å². The molecule has 1 aromatic carbocycles. The van der Waals surface area contributed by atoms with Crippen molar-refractivity contribution in [3.8, 4) is 11.3 Å². The lowest BCUT2D eigenvalue weighted by molar-refractivity contribution is 0.131. The second-order valence-corrected chi connectivity index (χ2v) is 4.71. The van der Waals surface area contributed by atoms with E-state index in [1.807, 2.05) is 30.3 Å². The molecule has 0 saturated heterocycles. The number of H-pyrrole nitrogens is 1. The molecule has 0 bridgehead atoms. The molecule has 0 aliphatic carbocycles. The van der Waals surface area contributed by atoms with E-state index in [9.17, 15) is 4.79 Å². The molecule has 2 rings (SSSR count). The fourth-order valence-corrected chi connectivity index (χ4v) is 1.98. The van der Waals surface area contributed by atoms with Gasteiger partial charge in [-0.05, 0) is 22.4 Å². The van der Waals surface area contributed by atoms with Crippen LogP contribution >= 0.6 is 0 Å². The van der Waals surface area contributed by atoms with Gasteiger partial charge in [-0.3, -0.25) is 0 Å². The molecular formula is C16H18N2O2. The number of carbonyl (C=O) groups excluding carboxylic acids is 1. The maximum absolute atomic E-state index is 11.3. The molecule has 1 N–H and O–H groups in total. The van der Waals surface area contributed by atoms with Gasteiger partial charge in [0.05, 0.1) is 7.11 Å². The maximum Gasteiger partial charge on any atom is 0.409 e. The summed E-state index contributed by atoms with van der Waals surface area (Å²) in [5.41, 5.74) is 3.10. The van der Waals surface area contributed by atoms with Gasteiger partial charge in [-0.1, -0.05) is 37.4 Å². The summed E-state index contributed by atoms with van der Waals surface area (Å²) in [5, 5.41) is 1.73. The molecule has 0 aliphatic heterocycles. The van der Waals surface area contributed by atoms with Crippen LogP contribution in [0.1, 0.15) is 5.56 Å². The topological polar surface area (TPSA) is 45.3 Å². The molecule has 0 radical (unpaired) electrons. The van der Waals surface area contributed by atoms with E-state index in [0.717, 1.165) is 27.4 Å². The Morgan fingerprint density at radius 3 is 2.45 bits per heavy atom. The third-order valence-corrected chi connectivity index (χ3v) is 3.16. The van der Waals surface area contributed by atoms with Crippen LogP contribution in [0.3, 0.4) is 0 Å². The van der Waals surface area contributed by atoms with Crippen LogP contribution in [0.2, 0.25) is 0 Å². The number of carbonyl (C=O) groups is 1. The van der Waals surface area contributed by atoms with E-state index in [-0.39, 0.29) is 6.09 Å². The number of benzene rings is 1. The maximum atomic E-state index is 11.3. The summed E-state index contributed by atoms with van der Waals surface area (Å²) < 4.78 is 4.66. The van der Waals surface area contributed by atoms with Crippen molar-refractivity contribution in [1.82, 2.24) is 9.88 Å². The number of methoxy groups -OCH3 is 1. The Kier molecular flexibility index (Phi) is 3.94. The van der Waals surface area contributed by atoms with Crippen LogP contribution in [0, 0.1) is 0 Å². The average molecular weight is 270 g/mol. The molecule has 4 heteroatoms. The second-order valence-electron chi connectivity index (χ2n) is 4.71. The van der Waals surface area contributed by atoms with Crippen molar-refractivity contribution >= 4 is 19.3 Å². The lowest BCUT2D eigenvalue weighted by Crippen LogP contribution is -2.25. The normalized spacial score (nSPS) is 10.3. The number of amides is 1. The van der Waals surface area contributed by atoms with E-state index in [0.29, 0.717) is 6.54 Å². The molecule has 2 aromatic rings. The second kappa shape index (κ2) is 5.65. The van der Waals surface area contributed by atoms with Crippen molar-refractivity contribution in [3.63, 3.8) is 0 Å². The number of aromatic amines is 1. The molecule has 1 aromatic heterocycles. The van der Waals surface area contributed by atoms with E-state index in [1.54, 1.807) is 7.05 Å². The van der Waals surface area contributed by atoms with Crippen LogP contribution < -0.4 is 10.6 Å². The highest BCUT2D eigenvalue weighted by molar-refractivity contribution is 5.67. The first-order chi connectivity index (χ1) is 9.51. The van der Waals surface area contributed by atoms with Gasteiger partial charge in [0, 0.05) is 24.6 Å². The Hall–Kier alpha value is -2.49. The molecule has 0 aliphatic rings. The van der Waals surface area contributed by atoms with E-state index in [2.05, 4.69) is 22.9 Å². The third kappa shape index (κ3) is 2.91. The van der Waals surface area contributed by atoms with Crippen LogP contribution in [0.4, 0.5) is 4.79 Å². The molecule has 1 heterocycles. The van der Waals surface area contributed by atoms with Crippen molar-refractivity contribution in [2.24, 2.45) is 0 Å². The summed E-state index contributed by atoms with van der Waals surface area (Å²) in [7, 11) is 3.08. The van der Waals surface area contributed by atoms with Gasteiger partial charge in [-0.2, -0.15) is 0 Å². The fourth-order valence-electron chi connectivity index (χ4n) is 1.98. The van der Waals surface area contributed by atoms with Gasteiger partial charge >= 0.3 is 6.09 Å². The Morgan fingerprint density at radius 1 is 1.30 bits per heavy atom. The predicted molar refractivity (Wildman–Crippen MR) is 80.4 cm³/mol. The highest BCUT2D eigenvalue weighted by atomic mass is 16.5. The smallest absolute Gasteiger partial charge is 0.409 e. The molecule has 1 amide bonds. The largest absolute Gasteiger partial charge is 0.453 e. The van der Waals surface area contributed by atoms with Gasteiger partial charge < -0.3 is 14.6 Å². The first-order valence-electron chi connectivity index (χ1n) is 6.26. The number of aromatic nitrogens is 1. The predicted octanol–water partition coefficient (Wildman–Crippen LogP) is 1.70. The standard InChI is InChI=1S/C16H18N2O2/c1-11-9-15(17-12(11)2)14-7-5-13(6-8-14)10-18(3)16(19)20-4/h5-9,17H,1-2,10H2,3-4H3. The molecule has 104 valence electrons. The lowest BCUT2D eigenvalue weighted by Gasteiger charge is -2.15. The molecule has 0 unspecified atom stereocenters. The van der Waals surface area contributed by atoms with Crippen molar-refractivity contribution in [1.29, 1.82) is 0 Å². The Morgan fingerprint density at radius 2 is 1.95 bits per heavy atom. The first-order valence-corrected chi connectivity index (χ1v) is 6.26. The molecule has 20 heavy (non-hydrogen) atoms. The van der Waals surface area contributed by atoms with Crippen LogP contribution in [0.5, 0.6) is 0 Å². The minimum atomic E-state index is -0.346. The third-order valence-electron chi connectivity index (χ3n) is 3.16. The van der Waals surface area contributed by atoms with Crippen molar-refractivity contribution < 1.29 is 9.53 Å². The highest BCUT2D eigenvalue weighted by Crippen LogP contribution is 2.16. The summed E-state index contributed by atoms with van der Waals surface area (Å²) in [4.78, 5) is 16.0. The van der Waals surface area contributed by atoms with Crippen molar-refractivity contribution in [2.45, 2.75) is 6.54 Å². The van der Waals surface area contributed by atoms with Gasteiger partial charge in [0.1, 0.15) is 0 Å². The summed E-state index contributed by atoms with van der Waals surface area (Å²) in [6, 6.07) is 9.95. The van der Waals surface area contributed by atoms with E-state index in [4.69, 9.17) is 0 Å². The minimum absolute atomic E-state index is 0.346. The van der Waals surface area contributed by atoms with Gasteiger partial charge in [0.25, 0.3) is 0 Å². The number of ether oxygens (including phenoxy) is 1. The Bertz CT molecular complexity index is 674. The fraction of sp³-hybridized carbons (Fsp3) is 0.188. The summed E-state index contributed by atoms with van der Waals surface area (Å²) in [6.45, 7) is 8.29. The number of nitrogens with zero attached hydrogens (tertiary/aromatic N) is 1. The summed E-state index contributed by atoms with van der Waals surface area (Å²) in [5.74, 6) is 0. The van der Waals surface area contributed by atoms with E-state index in [1.165, 1.54) is 12.0 Å². The van der Waals surface area contributed by atoms with Gasteiger partial charge in [0.15, 0.2) is 0 Å². The van der Waals surface area contributed by atoms with Crippen LogP contribution in [-0.4, -0.2) is 30.1 Å². The minimum Gasteiger partial charge on any atom is -0.453 e. The number of hydrogen-bond donors (Lipinski definition) is 1. The molecule has 0 saturated carbocycles.